The van der Waals surface area contributed by atoms with E-state index in [4.69, 9.17) is 0 Å². The van der Waals surface area contributed by atoms with Gasteiger partial charge in [-0.05, 0) is 18.6 Å². The Labute approximate surface area is 150 Å². The minimum Gasteiger partial charge on any atom is -0.354 e. The van der Waals surface area contributed by atoms with E-state index in [-0.39, 0.29) is 17.7 Å². The van der Waals surface area contributed by atoms with Crippen LogP contribution in [0.5, 0.6) is 0 Å². The van der Waals surface area contributed by atoms with Crippen molar-refractivity contribution in [2.45, 2.75) is 18.9 Å². The minimum atomic E-state index is 0.0149. The van der Waals surface area contributed by atoms with Crippen LogP contribution in [0, 0.1) is 5.92 Å². The number of hydrogen-bond donors (Lipinski definition) is 2. The van der Waals surface area contributed by atoms with Gasteiger partial charge in [-0.25, -0.2) is 4.98 Å². The monoisotopic (exact) mass is 345 g/mol. The maximum atomic E-state index is 12.4. The van der Waals surface area contributed by atoms with Crippen molar-refractivity contribution in [2.75, 3.05) is 6.54 Å². The maximum absolute atomic E-state index is 12.4. The number of carbonyl (C=O) groups excluding carboxylic acids is 1. The van der Waals surface area contributed by atoms with E-state index in [1.165, 1.54) is 28.1 Å². The number of para-hydroxylation sites is 2. The number of hydrogen-bond acceptors (Lipinski definition) is 3. The van der Waals surface area contributed by atoms with Crippen LogP contribution in [0.25, 0.3) is 21.8 Å². The summed E-state index contributed by atoms with van der Waals surface area (Å²) >= 11 is 0. The van der Waals surface area contributed by atoms with Crippen molar-refractivity contribution >= 4 is 27.7 Å². The molecule has 5 rings (SSSR count). The fourth-order valence-electron chi connectivity index (χ4n) is 3.85. The summed E-state index contributed by atoms with van der Waals surface area (Å²) in [5.41, 5.74) is 2.41. The zero-order valence-electron chi connectivity index (χ0n) is 14.2. The Morgan fingerprint density at radius 2 is 1.81 bits per heavy atom. The van der Waals surface area contributed by atoms with Gasteiger partial charge in [0, 0.05) is 46.7 Å². The molecule has 2 aromatic heterocycles. The summed E-state index contributed by atoms with van der Waals surface area (Å²) in [6.07, 6.45) is 2.33. The van der Waals surface area contributed by atoms with Crippen LogP contribution in [0.1, 0.15) is 18.2 Å². The van der Waals surface area contributed by atoms with Crippen molar-refractivity contribution in [3.05, 3.63) is 60.7 Å². The Balaban J connectivity index is 1.31. The molecule has 26 heavy (non-hydrogen) atoms. The molecule has 1 fully saturated rings. The summed E-state index contributed by atoms with van der Waals surface area (Å²) < 4.78 is 2.28. The SMILES string of the molecule is O=C(NCCn1c2ccccc2c2ccccc21)[C@H]1C[C@@H]1c1ncn[nH]1. The second-order valence-electron chi connectivity index (χ2n) is 6.80. The van der Waals surface area contributed by atoms with E-state index in [0.717, 1.165) is 18.8 Å². The highest BCUT2D eigenvalue weighted by Gasteiger charge is 2.45. The Hall–Kier alpha value is -3.15. The summed E-state index contributed by atoms with van der Waals surface area (Å²) in [5, 5.41) is 12.3. The fraction of sp³-hybridized carbons (Fsp3) is 0.250. The molecule has 0 bridgehead atoms. The number of nitrogens with zero attached hydrogens (tertiary/aromatic N) is 3. The molecule has 1 saturated carbocycles. The maximum Gasteiger partial charge on any atom is 0.223 e. The van der Waals surface area contributed by atoms with Gasteiger partial charge in [0.2, 0.25) is 5.91 Å². The minimum absolute atomic E-state index is 0.0149. The third-order valence-electron chi connectivity index (χ3n) is 5.23. The van der Waals surface area contributed by atoms with E-state index < -0.39 is 0 Å². The number of amides is 1. The predicted octanol–water partition coefficient (Wildman–Crippen LogP) is 2.83. The quantitative estimate of drug-likeness (QED) is 0.584. The highest BCUT2D eigenvalue weighted by Crippen LogP contribution is 2.45. The molecule has 0 radical (unpaired) electrons. The van der Waals surface area contributed by atoms with Crippen LogP contribution in [0.3, 0.4) is 0 Å². The van der Waals surface area contributed by atoms with E-state index in [1.807, 2.05) is 0 Å². The fourth-order valence-corrected chi connectivity index (χ4v) is 3.85. The molecule has 6 nitrogen and oxygen atoms in total. The molecule has 0 spiro atoms. The molecular weight excluding hydrogens is 326 g/mol. The molecule has 2 atom stereocenters. The van der Waals surface area contributed by atoms with Gasteiger partial charge < -0.3 is 9.88 Å². The Kier molecular flexibility index (Phi) is 3.48. The van der Waals surface area contributed by atoms with Gasteiger partial charge in [0.05, 0.1) is 0 Å². The van der Waals surface area contributed by atoms with Crippen molar-refractivity contribution in [1.29, 1.82) is 0 Å². The molecule has 0 unspecified atom stereocenters. The van der Waals surface area contributed by atoms with Gasteiger partial charge in [-0.3, -0.25) is 9.89 Å². The molecule has 4 aromatic rings. The lowest BCUT2D eigenvalue weighted by molar-refractivity contribution is -0.122. The van der Waals surface area contributed by atoms with Crippen LogP contribution in [0.15, 0.2) is 54.9 Å². The van der Waals surface area contributed by atoms with E-state index in [0.29, 0.717) is 6.54 Å². The van der Waals surface area contributed by atoms with Gasteiger partial charge in [-0.2, -0.15) is 5.10 Å². The van der Waals surface area contributed by atoms with Crippen LogP contribution in [0.4, 0.5) is 0 Å². The second kappa shape index (κ2) is 5.98. The van der Waals surface area contributed by atoms with Gasteiger partial charge in [-0.1, -0.05) is 36.4 Å². The average molecular weight is 345 g/mol. The summed E-state index contributed by atoms with van der Waals surface area (Å²) in [6.45, 7) is 1.36. The van der Waals surface area contributed by atoms with E-state index >= 15 is 0 Å². The first kappa shape index (κ1) is 15.1. The van der Waals surface area contributed by atoms with Crippen LogP contribution in [-0.4, -0.2) is 32.2 Å². The molecule has 6 heteroatoms. The van der Waals surface area contributed by atoms with E-state index in [9.17, 15) is 4.79 Å². The van der Waals surface area contributed by atoms with Crippen LogP contribution < -0.4 is 5.32 Å². The number of H-pyrrole nitrogens is 1. The topological polar surface area (TPSA) is 75.6 Å². The highest BCUT2D eigenvalue weighted by molar-refractivity contribution is 6.07. The van der Waals surface area contributed by atoms with Gasteiger partial charge >= 0.3 is 0 Å². The number of aromatic nitrogens is 4. The van der Waals surface area contributed by atoms with Crippen molar-refractivity contribution < 1.29 is 4.79 Å². The lowest BCUT2D eigenvalue weighted by Gasteiger charge is -2.09. The molecule has 1 amide bonds. The smallest absolute Gasteiger partial charge is 0.223 e. The standard InChI is InChI=1S/C20H19N5O/c26-20(16-11-15(16)19-22-12-23-24-19)21-9-10-25-17-7-3-1-5-13(17)14-6-2-4-8-18(14)25/h1-8,12,15-16H,9-11H2,(H,21,26)(H,22,23,24)/t15-,16-/m0/s1. The van der Waals surface area contributed by atoms with Crippen molar-refractivity contribution in [1.82, 2.24) is 25.1 Å². The van der Waals surface area contributed by atoms with Crippen molar-refractivity contribution in [3.63, 3.8) is 0 Å². The summed E-state index contributed by atoms with van der Waals surface area (Å²) in [7, 11) is 0. The third-order valence-corrected chi connectivity index (χ3v) is 5.23. The third kappa shape index (κ3) is 2.45. The highest BCUT2D eigenvalue weighted by atomic mass is 16.2. The lowest BCUT2D eigenvalue weighted by atomic mass is 10.2. The number of carbonyl (C=O) groups is 1. The number of rotatable bonds is 5. The summed E-state index contributed by atoms with van der Waals surface area (Å²) in [6, 6.07) is 16.8. The first-order chi connectivity index (χ1) is 12.8. The molecule has 2 N–H and O–H groups in total. The van der Waals surface area contributed by atoms with Crippen LogP contribution in [-0.2, 0) is 11.3 Å². The molecule has 130 valence electrons. The first-order valence-electron chi connectivity index (χ1n) is 8.92. The first-order valence-corrected chi connectivity index (χ1v) is 8.92. The van der Waals surface area contributed by atoms with E-state index in [1.54, 1.807) is 0 Å². The summed E-state index contributed by atoms with van der Waals surface area (Å²) in [4.78, 5) is 16.5. The molecule has 0 aliphatic heterocycles. The molecule has 2 heterocycles. The molecule has 2 aromatic carbocycles. The number of aromatic amines is 1. The Morgan fingerprint density at radius 1 is 1.12 bits per heavy atom. The van der Waals surface area contributed by atoms with Gasteiger partial charge in [-0.15, -0.1) is 0 Å². The molecule has 1 aliphatic rings. The van der Waals surface area contributed by atoms with Crippen LogP contribution >= 0.6 is 0 Å². The second-order valence-corrected chi connectivity index (χ2v) is 6.80. The lowest BCUT2D eigenvalue weighted by Crippen LogP contribution is -2.28. The van der Waals surface area contributed by atoms with Gasteiger partial charge in [0.15, 0.2) is 0 Å². The van der Waals surface area contributed by atoms with E-state index in [2.05, 4.69) is 73.6 Å². The predicted molar refractivity (Wildman–Crippen MR) is 99.7 cm³/mol. The molecule has 0 saturated heterocycles. The number of nitrogens with one attached hydrogen (secondary N) is 2. The zero-order chi connectivity index (χ0) is 17.5. The van der Waals surface area contributed by atoms with Gasteiger partial charge in [0.1, 0.15) is 12.2 Å². The largest absolute Gasteiger partial charge is 0.354 e. The molecular formula is C20H19N5O. The summed E-state index contributed by atoms with van der Waals surface area (Å²) in [5.74, 6) is 1.12. The number of benzene rings is 2. The van der Waals surface area contributed by atoms with Gasteiger partial charge in [0.25, 0.3) is 0 Å². The number of fused-ring (bicyclic) bond motifs is 3. The Bertz CT molecular complexity index is 1030. The molecule has 1 aliphatic carbocycles. The average Bonchev–Trinajstić information content (AvgIpc) is 3.17. The normalized spacial score (nSPS) is 19.1. The zero-order valence-corrected chi connectivity index (χ0v) is 14.2. The van der Waals surface area contributed by atoms with Crippen molar-refractivity contribution in [3.8, 4) is 0 Å². The Morgan fingerprint density at radius 3 is 2.46 bits per heavy atom. The van der Waals surface area contributed by atoms with Crippen LogP contribution in [0.2, 0.25) is 0 Å². The van der Waals surface area contributed by atoms with Crippen molar-refractivity contribution in [2.24, 2.45) is 5.92 Å².